The van der Waals surface area contributed by atoms with Crippen molar-refractivity contribution in [3.05, 3.63) is 58.0 Å². The maximum atomic E-state index is 12.0. The van der Waals surface area contributed by atoms with Gasteiger partial charge >= 0.3 is 0 Å². The van der Waals surface area contributed by atoms with Crippen LogP contribution in [-0.2, 0) is 7.05 Å². The van der Waals surface area contributed by atoms with Crippen LogP contribution in [0, 0.1) is 6.92 Å². The molecular formula is C14H13NO2. The highest BCUT2D eigenvalue weighted by atomic mass is 16.1. The van der Waals surface area contributed by atoms with Gasteiger partial charge in [-0.1, -0.05) is 24.3 Å². The van der Waals surface area contributed by atoms with E-state index in [0.717, 1.165) is 17.4 Å². The van der Waals surface area contributed by atoms with Crippen molar-refractivity contribution in [2.75, 3.05) is 0 Å². The smallest absolute Gasteiger partial charge is 0.258 e. The van der Waals surface area contributed by atoms with Crippen LogP contribution in [0.3, 0.4) is 0 Å². The Labute approximate surface area is 99.3 Å². The second-order valence-corrected chi connectivity index (χ2v) is 4.03. The highest BCUT2D eigenvalue weighted by Gasteiger charge is 2.07. The van der Waals surface area contributed by atoms with Gasteiger partial charge in [-0.05, 0) is 24.1 Å². The lowest BCUT2D eigenvalue weighted by molar-refractivity contribution is 0.112. The van der Waals surface area contributed by atoms with Crippen molar-refractivity contribution in [1.82, 2.24) is 4.57 Å². The number of aromatic nitrogens is 1. The number of carbonyl (C=O) groups is 1. The zero-order chi connectivity index (χ0) is 12.4. The Kier molecular flexibility index (Phi) is 2.91. The van der Waals surface area contributed by atoms with Gasteiger partial charge in [0.2, 0.25) is 0 Å². The first-order valence-electron chi connectivity index (χ1n) is 5.35. The van der Waals surface area contributed by atoms with Crippen molar-refractivity contribution in [3.8, 4) is 11.1 Å². The summed E-state index contributed by atoms with van der Waals surface area (Å²) >= 11 is 0. The van der Waals surface area contributed by atoms with Gasteiger partial charge in [-0.3, -0.25) is 9.59 Å². The maximum Gasteiger partial charge on any atom is 0.258 e. The number of pyridine rings is 1. The fourth-order valence-electron chi connectivity index (χ4n) is 1.80. The van der Waals surface area contributed by atoms with E-state index in [2.05, 4.69) is 0 Å². The van der Waals surface area contributed by atoms with E-state index >= 15 is 0 Å². The highest BCUT2D eigenvalue weighted by molar-refractivity contribution is 5.77. The molecule has 86 valence electrons. The summed E-state index contributed by atoms with van der Waals surface area (Å²) in [6.45, 7) is 1.91. The van der Waals surface area contributed by atoms with E-state index in [0.29, 0.717) is 11.1 Å². The molecule has 0 amide bonds. The Hall–Kier alpha value is -2.16. The van der Waals surface area contributed by atoms with Gasteiger partial charge in [0.25, 0.3) is 5.56 Å². The maximum absolute atomic E-state index is 12.0. The number of benzene rings is 1. The van der Waals surface area contributed by atoms with Crippen molar-refractivity contribution < 1.29 is 4.79 Å². The minimum atomic E-state index is -0.0242. The average molecular weight is 227 g/mol. The van der Waals surface area contributed by atoms with Gasteiger partial charge in [0.15, 0.2) is 0 Å². The van der Waals surface area contributed by atoms with E-state index in [-0.39, 0.29) is 5.56 Å². The molecule has 0 N–H and O–H groups in total. The Bertz CT molecular complexity index is 609. The summed E-state index contributed by atoms with van der Waals surface area (Å²) in [4.78, 5) is 22.6. The number of aryl methyl sites for hydroxylation is 2. The molecule has 3 heteroatoms. The predicted octanol–water partition coefficient (Wildman–Crippen LogP) is 2.17. The Balaban J connectivity index is 2.63. The molecule has 1 aromatic carbocycles. The minimum Gasteiger partial charge on any atom is -0.318 e. The van der Waals surface area contributed by atoms with E-state index in [4.69, 9.17) is 0 Å². The van der Waals surface area contributed by atoms with Crippen LogP contribution in [-0.4, -0.2) is 10.9 Å². The van der Waals surface area contributed by atoms with Crippen LogP contribution in [0.1, 0.15) is 15.9 Å². The first-order chi connectivity index (χ1) is 8.13. The van der Waals surface area contributed by atoms with E-state index < -0.39 is 0 Å². The highest BCUT2D eigenvalue weighted by Crippen LogP contribution is 2.19. The lowest BCUT2D eigenvalue weighted by Gasteiger charge is -2.07. The third-order valence-electron chi connectivity index (χ3n) is 2.81. The molecule has 2 rings (SSSR count). The van der Waals surface area contributed by atoms with Crippen LogP contribution >= 0.6 is 0 Å². The van der Waals surface area contributed by atoms with Crippen LogP contribution in [0.15, 0.2) is 41.3 Å². The van der Waals surface area contributed by atoms with Crippen LogP contribution < -0.4 is 5.56 Å². The quantitative estimate of drug-likeness (QED) is 0.737. The SMILES string of the molecule is Cc1ccn(C)c(=O)c1-c1ccc(C=O)cc1. The zero-order valence-corrected chi connectivity index (χ0v) is 9.81. The molecule has 1 heterocycles. The second-order valence-electron chi connectivity index (χ2n) is 4.03. The number of hydrogen-bond donors (Lipinski definition) is 0. The van der Waals surface area contributed by atoms with Crippen LogP contribution in [0.5, 0.6) is 0 Å². The van der Waals surface area contributed by atoms with Gasteiger partial charge in [-0.2, -0.15) is 0 Å². The molecule has 0 spiro atoms. The lowest BCUT2D eigenvalue weighted by Crippen LogP contribution is -2.18. The van der Waals surface area contributed by atoms with Crippen molar-refractivity contribution in [2.24, 2.45) is 7.05 Å². The van der Waals surface area contributed by atoms with E-state index in [1.807, 2.05) is 13.0 Å². The van der Waals surface area contributed by atoms with Gasteiger partial charge < -0.3 is 4.57 Å². The third kappa shape index (κ3) is 2.04. The molecule has 0 radical (unpaired) electrons. The van der Waals surface area contributed by atoms with E-state index in [1.165, 1.54) is 0 Å². The molecule has 0 atom stereocenters. The molecule has 1 aromatic heterocycles. The standard InChI is InChI=1S/C14H13NO2/c1-10-7-8-15(2)14(17)13(10)12-5-3-11(9-16)4-6-12/h3-9H,1-2H3. The lowest BCUT2D eigenvalue weighted by atomic mass is 10.0. The molecule has 0 unspecified atom stereocenters. The third-order valence-corrected chi connectivity index (χ3v) is 2.81. The number of rotatable bonds is 2. The molecule has 17 heavy (non-hydrogen) atoms. The summed E-state index contributed by atoms with van der Waals surface area (Å²) in [6.07, 6.45) is 2.54. The van der Waals surface area contributed by atoms with Crippen molar-refractivity contribution in [3.63, 3.8) is 0 Å². The van der Waals surface area contributed by atoms with Gasteiger partial charge in [0, 0.05) is 18.8 Å². The molecular weight excluding hydrogens is 214 g/mol. The van der Waals surface area contributed by atoms with Gasteiger partial charge in [-0.15, -0.1) is 0 Å². The number of hydrogen-bond acceptors (Lipinski definition) is 2. The summed E-state index contributed by atoms with van der Waals surface area (Å²) in [5.41, 5.74) is 3.05. The minimum absolute atomic E-state index is 0.0242. The van der Waals surface area contributed by atoms with Crippen LogP contribution in [0.4, 0.5) is 0 Å². The molecule has 0 saturated carbocycles. The summed E-state index contributed by atoms with van der Waals surface area (Å²) in [5.74, 6) is 0. The fraction of sp³-hybridized carbons (Fsp3) is 0.143. The number of carbonyl (C=O) groups excluding carboxylic acids is 1. The van der Waals surface area contributed by atoms with Gasteiger partial charge in [0.1, 0.15) is 6.29 Å². The number of aldehydes is 1. The predicted molar refractivity (Wildman–Crippen MR) is 67.2 cm³/mol. The van der Waals surface area contributed by atoms with Crippen LogP contribution in [0.25, 0.3) is 11.1 Å². The summed E-state index contributed by atoms with van der Waals surface area (Å²) < 4.78 is 1.55. The van der Waals surface area contributed by atoms with Crippen molar-refractivity contribution in [2.45, 2.75) is 6.92 Å². The largest absolute Gasteiger partial charge is 0.318 e. The first-order valence-corrected chi connectivity index (χ1v) is 5.35. The van der Waals surface area contributed by atoms with Crippen LogP contribution in [0.2, 0.25) is 0 Å². The Morgan fingerprint density at radius 3 is 2.35 bits per heavy atom. The summed E-state index contributed by atoms with van der Waals surface area (Å²) in [7, 11) is 1.73. The van der Waals surface area contributed by atoms with E-state index in [1.54, 1.807) is 42.1 Å². The Morgan fingerprint density at radius 2 is 1.76 bits per heavy atom. The summed E-state index contributed by atoms with van der Waals surface area (Å²) in [5, 5.41) is 0. The number of nitrogens with zero attached hydrogens (tertiary/aromatic N) is 1. The molecule has 0 aliphatic heterocycles. The molecule has 0 aliphatic rings. The average Bonchev–Trinajstić information content (AvgIpc) is 2.35. The monoisotopic (exact) mass is 227 g/mol. The molecule has 2 aromatic rings. The topological polar surface area (TPSA) is 39.1 Å². The molecule has 0 aliphatic carbocycles. The van der Waals surface area contributed by atoms with Gasteiger partial charge in [-0.25, -0.2) is 0 Å². The first kappa shape index (κ1) is 11.3. The molecule has 0 saturated heterocycles. The summed E-state index contributed by atoms with van der Waals surface area (Å²) in [6, 6.07) is 8.94. The zero-order valence-electron chi connectivity index (χ0n) is 9.81. The Morgan fingerprint density at radius 1 is 1.12 bits per heavy atom. The van der Waals surface area contributed by atoms with Gasteiger partial charge in [0.05, 0.1) is 5.56 Å². The normalized spacial score (nSPS) is 10.2. The van der Waals surface area contributed by atoms with Crippen molar-refractivity contribution in [1.29, 1.82) is 0 Å². The van der Waals surface area contributed by atoms with Crippen molar-refractivity contribution >= 4 is 6.29 Å². The van der Waals surface area contributed by atoms with E-state index in [9.17, 15) is 9.59 Å². The fourth-order valence-corrected chi connectivity index (χ4v) is 1.80. The molecule has 0 bridgehead atoms. The second kappa shape index (κ2) is 4.37. The molecule has 3 nitrogen and oxygen atoms in total. The molecule has 0 fully saturated rings.